The number of aromatic nitrogens is 4. The molecule has 1 saturated heterocycles. The number of benzene rings is 1. The predicted molar refractivity (Wildman–Crippen MR) is 98.5 cm³/mol. The van der Waals surface area contributed by atoms with Crippen LogP contribution in [0.4, 0.5) is 0 Å². The van der Waals surface area contributed by atoms with Crippen LogP contribution in [0.5, 0.6) is 0 Å². The van der Waals surface area contributed by atoms with E-state index in [2.05, 4.69) is 55.5 Å². The Kier molecular flexibility index (Phi) is 3.75. The van der Waals surface area contributed by atoms with Gasteiger partial charge in [-0.3, -0.25) is 9.88 Å². The number of hydrogen-bond donors (Lipinski definition) is 1. The summed E-state index contributed by atoms with van der Waals surface area (Å²) in [6, 6.07) is 12.2. The molecule has 6 nitrogen and oxygen atoms in total. The number of pyridine rings is 1. The minimum Gasteiger partial charge on any atom is -0.420 e. The molecular formula is C20H19N5O. The van der Waals surface area contributed by atoms with Gasteiger partial charge in [0.05, 0.1) is 11.5 Å². The molecule has 3 aromatic heterocycles. The standard InChI is InChI=1S/C20H19N5O/c1-2-6-18-17(5-1)16(11-22-18)13-25-9-7-15(12-25)20-24-23-19(26-20)14-4-3-8-21-10-14/h1-6,8,10-11,15,22H,7,9,12-13H2/t15-/m0/s1. The van der Waals surface area contributed by atoms with Crippen molar-refractivity contribution in [3.8, 4) is 11.5 Å². The molecule has 1 atom stereocenters. The number of nitrogens with zero attached hydrogens (tertiary/aromatic N) is 4. The fraction of sp³-hybridized carbons (Fsp3) is 0.250. The average molecular weight is 345 g/mol. The number of nitrogens with one attached hydrogen (secondary N) is 1. The predicted octanol–water partition coefficient (Wildman–Crippen LogP) is 3.60. The minimum atomic E-state index is 0.290. The molecule has 26 heavy (non-hydrogen) atoms. The van der Waals surface area contributed by atoms with Gasteiger partial charge in [-0.05, 0) is 36.7 Å². The Balaban J connectivity index is 1.30. The molecule has 4 aromatic rings. The van der Waals surface area contributed by atoms with Gasteiger partial charge in [-0.2, -0.15) is 0 Å². The zero-order valence-electron chi connectivity index (χ0n) is 14.3. The second kappa shape index (κ2) is 6.38. The summed E-state index contributed by atoms with van der Waals surface area (Å²) in [6.45, 7) is 2.91. The Morgan fingerprint density at radius 1 is 1.15 bits per heavy atom. The van der Waals surface area contributed by atoms with Crippen LogP contribution in [0.25, 0.3) is 22.4 Å². The van der Waals surface area contributed by atoms with Crippen molar-refractivity contribution in [2.24, 2.45) is 0 Å². The Morgan fingerprint density at radius 3 is 3.04 bits per heavy atom. The van der Waals surface area contributed by atoms with Gasteiger partial charge < -0.3 is 9.40 Å². The normalized spacial score (nSPS) is 17.9. The van der Waals surface area contributed by atoms with Crippen LogP contribution in [0.1, 0.15) is 23.8 Å². The highest BCUT2D eigenvalue weighted by molar-refractivity contribution is 5.82. The molecule has 0 spiro atoms. The van der Waals surface area contributed by atoms with Crippen molar-refractivity contribution in [1.82, 2.24) is 25.1 Å². The molecule has 0 amide bonds. The molecular weight excluding hydrogens is 326 g/mol. The van der Waals surface area contributed by atoms with Gasteiger partial charge >= 0.3 is 0 Å². The quantitative estimate of drug-likeness (QED) is 0.612. The lowest BCUT2D eigenvalue weighted by atomic mass is 10.1. The van der Waals surface area contributed by atoms with Gasteiger partial charge in [-0.1, -0.05) is 18.2 Å². The zero-order chi connectivity index (χ0) is 17.3. The van der Waals surface area contributed by atoms with E-state index in [-0.39, 0.29) is 5.92 Å². The monoisotopic (exact) mass is 345 g/mol. The number of fused-ring (bicyclic) bond motifs is 1. The second-order valence-electron chi connectivity index (χ2n) is 6.77. The van der Waals surface area contributed by atoms with E-state index < -0.39 is 0 Å². The third kappa shape index (κ3) is 2.78. The Hall–Kier alpha value is -2.99. The molecule has 6 heteroatoms. The van der Waals surface area contributed by atoms with Crippen LogP contribution < -0.4 is 0 Å². The minimum absolute atomic E-state index is 0.290. The summed E-state index contributed by atoms with van der Waals surface area (Å²) in [5, 5.41) is 9.77. The highest BCUT2D eigenvalue weighted by Crippen LogP contribution is 2.30. The van der Waals surface area contributed by atoms with Gasteiger partial charge in [0.1, 0.15) is 0 Å². The van der Waals surface area contributed by atoms with Crippen molar-refractivity contribution in [3.63, 3.8) is 0 Å². The summed E-state index contributed by atoms with van der Waals surface area (Å²) in [6.07, 6.45) is 6.64. The van der Waals surface area contributed by atoms with E-state index in [0.29, 0.717) is 5.89 Å². The molecule has 5 rings (SSSR count). The molecule has 0 unspecified atom stereocenters. The van der Waals surface area contributed by atoms with Gasteiger partial charge in [0, 0.05) is 42.6 Å². The van der Waals surface area contributed by atoms with Crippen molar-refractivity contribution in [3.05, 3.63) is 66.4 Å². The highest BCUT2D eigenvalue weighted by atomic mass is 16.4. The summed E-state index contributed by atoms with van der Waals surface area (Å²) in [5.41, 5.74) is 3.39. The molecule has 4 heterocycles. The van der Waals surface area contributed by atoms with Crippen LogP contribution in [-0.2, 0) is 6.54 Å². The van der Waals surface area contributed by atoms with E-state index in [0.717, 1.165) is 37.5 Å². The number of para-hydroxylation sites is 1. The maximum absolute atomic E-state index is 5.91. The van der Waals surface area contributed by atoms with E-state index in [1.54, 1.807) is 12.4 Å². The maximum atomic E-state index is 5.91. The van der Waals surface area contributed by atoms with E-state index in [1.165, 1.54) is 16.5 Å². The van der Waals surface area contributed by atoms with Gasteiger partial charge in [-0.25, -0.2) is 0 Å². The molecule has 0 saturated carbocycles. The molecule has 1 aliphatic rings. The topological polar surface area (TPSA) is 70.8 Å². The van der Waals surface area contributed by atoms with Crippen molar-refractivity contribution in [2.75, 3.05) is 13.1 Å². The van der Waals surface area contributed by atoms with E-state index in [1.807, 2.05) is 12.1 Å². The van der Waals surface area contributed by atoms with Crippen LogP contribution in [0.3, 0.4) is 0 Å². The molecule has 1 aliphatic heterocycles. The summed E-state index contributed by atoms with van der Waals surface area (Å²) >= 11 is 0. The van der Waals surface area contributed by atoms with Gasteiger partial charge in [0.15, 0.2) is 0 Å². The smallest absolute Gasteiger partial charge is 0.249 e. The van der Waals surface area contributed by atoms with E-state index in [9.17, 15) is 0 Å². The number of rotatable bonds is 4. The van der Waals surface area contributed by atoms with Crippen LogP contribution >= 0.6 is 0 Å². The average Bonchev–Trinajstić information content (AvgIpc) is 3.43. The SMILES string of the molecule is c1cncc(-c2nnc([C@H]3CCN(Cc4c[nH]c5ccccc45)C3)o2)c1. The largest absolute Gasteiger partial charge is 0.420 e. The van der Waals surface area contributed by atoms with E-state index in [4.69, 9.17) is 4.42 Å². The highest BCUT2D eigenvalue weighted by Gasteiger charge is 2.28. The fourth-order valence-electron chi connectivity index (χ4n) is 3.69. The first-order chi connectivity index (χ1) is 12.9. The van der Waals surface area contributed by atoms with Gasteiger partial charge in [0.2, 0.25) is 11.8 Å². The first kappa shape index (κ1) is 15.3. The van der Waals surface area contributed by atoms with Gasteiger partial charge in [0.25, 0.3) is 0 Å². The molecule has 0 radical (unpaired) electrons. The number of aromatic amines is 1. The molecule has 1 fully saturated rings. The summed E-state index contributed by atoms with van der Waals surface area (Å²) in [7, 11) is 0. The fourth-order valence-corrected chi connectivity index (χ4v) is 3.69. The first-order valence-electron chi connectivity index (χ1n) is 8.88. The van der Waals surface area contributed by atoms with Crippen LogP contribution in [0, 0.1) is 0 Å². The lowest BCUT2D eigenvalue weighted by Gasteiger charge is -2.14. The first-order valence-corrected chi connectivity index (χ1v) is 8.88. The van der Waals surface area contributed by atoms with Gasteiger partial charge in [-0.15, -0.1) is 10.2 Å². The number of hydrogen-bond acceptors (Lipinski definition) is 5. The Morgan fingerprint density at radius 2 is 2.12 bits per heavy atom. The van der Waals surface area contributed by atoms with Crippen molar-refractivity contribution < 1.29 is 4.42 Å². The van der Waals surface area contributed by atoms with Crippen LogP contribution in [0.2, 0.25) is 0 Å². The Bertz CT molecular complexity index is 1020. The molecule has 0 aliphatic carbocycles. The third-order valence-electron chi connectivity index (χ3n) is 5.04. The van der Waals surface area contributed by atoms with Crippen molar-refractivity contribution in [2.45, 2.75) is 18.9 Å². The second-order valence-corrected chi connectivity index (χ2v) is 6.77. The number of H-pyrrole nitrogens is 1. The summed E-state index contributed by atoms with van der Waals surface area (Å²) in [4.78, 5) is 9.91. The molecule has 130 valence electrons. The molecule has 0 bridgehead atoms. The molecule has 1 aromatic carbocycles. The zero-order valence-corrected chi connectivity index (χ0v) is 14.3. The Labute approximate surface area is 150 Å². The third-order valence-corrected chi connectivity index (χ3v) is 5.04. The lowest BCUT2D eigenvalue weighted by molar-refractivity contribution is 0.321. The van der Waals surface area contributed by atoms with E-state index >= 15 is 0 Å². The maximum Gasteiger partial charge on any atom is 0.249 e. The molecule has 1 N–H and O–H groups in total. The summed E-state index contributed by atoms with van der Waals surface area (Å²) < 4.78 is 5.91. The van der Waals surface area contributed by atoms with Crippen molar-refractivity contribution in [1.29, 1.82) is 0 Å². The van der Waals surface area contributed by atoms with Crippen molar-refractivity contribution >= 4 is 10.9 Å². The van der Waals surface area contributed by atoms with Crippen LogP contribution in [-0.4, -0.2) is 38.2 Å². The summed E-state index contributed by atoms with van der Waals surface area (Å²) in [5.74, 6) is 1.56. The van der Waals surface area contributed by atoms with Crippen LogP contribution in [0.15, 0.2) is 59.4 Å². The number of likely N-dealkylation sites (tertiary alicyclic amines) is 1. The lowest BCUT2D eigenvalue weighted by Crippen LogP contribution is -2.19.